The Bertz CT molecular complexity index is 464. The van der Waals surface area contributed by atoms with Gasteiger partial charge in [-0.05, 0) is 38.1 Å². The van der Waals surface area contributed by atoms with Gasteiger partial charge in [-0.2, -0.15) is 0 Å². The lowest BCUT2D eigenvalue weighted by molar-refractivity contribution is -0.140. The Morgan fingerprint density at radius 1 is 1.45 bits per heavy atom. The maximum Gasteiger partial charge on any atom is 0.307 e. The molecule has 2 rings (SSSR count). The van der Waals surface area contributed by atoms with Gasteiger partial charge in [-0.25, -0.2) is 0 Å². The SMILES string of the molecule is COC(=O)CCNC(=O)c1cccn1C1CCNCC1. The summed E-state index contributed by atoms with van der Waals surface area (Å²) in [6, 6.07) is 4.07. The average Bonchev–Trinajstić information content (AvgIpc) is 2.97. The van der Waals surface area contributed by atoms with Gasteiger partial charge in [-0.3, -0.25) is 9.59 Å². The van der Waals surface area contributed by atoms with E-state index in [1.165, 1.54) is 7.11 Å². The first-order valence-corrected chi connectivity index (χ1v) is 6.95. The molecular weight excluding hydrogens is 258 g/mol. The molecule has 1 aromatic heterocycles. The van der Waals surface area contributed by atoms with Crippen LogP contribution >= 0.6 is 0 Å². The Morgan fingerprint density at radius 2 is 2.20 bits per heavy atom. The van der Waals surface area contributed by atoms with Crippen molar-refractivity contribution in [3.63, 3.8) is 0 Å². The van der Waals surface area contributed by atoms with Gasteiger partial charge in [0.15, 0.2) is 0 Å². The fourth-order valence-electron chi connectivity index (χ4n) is 2.46. The molecule has 0 spiro atoms. The normalized spacial score (nSPS) is 15.8. The van der Waals surface area contributed by atoms with Crippen molar-refractivity contribution in [3.8, 4) is 0 Å². The monoisotopic (exact) mass is 279 g/mol. The second-order valence-corrected chi connectivity index (χ2v) is 4.86. The molecule has 1 aliphatic heterocycles. The zero-order valence-corrected chi connectivity index (χ0v) is 11.7. The summed E-state index contributed by atoms with van der Waals surface area (Å²) in [7, 11) is 1.34. The first-order valence-electron chi connectivity index (χ1n) is 6.95. The lowest BCUT2D eigenvalue weighted by Crippen LogP contribution is -2.33. The number of esters is 1. The molecule has 6 heteroatoms. The Balaban J connectivity index is 1.93. The largest absolute Gasteiger partial charge is 0.469 e. The summed E-state index contributed by atoms with van der Waals surface area (Å²) >= 11 is 0. The number of hydrogen-bond donors (Lipinski definition) is 2. The van der Waals surface area contributed by atoms with E-state index in [-0.39, 0.29) is 18.3 Å². The van der Waals surface area contributed by atoms with Gasteiger partial charge in [-0.15, -0.1) is 0 Å². The van der Waals surface area contributed by atoms with Crippen molar-refractivity contribution < 1.29 is 14.3 Å². The molecule has 1 aliphatic rings. The van der Waals surface area contributed by atoms with E-state index in [2.05, 4.69) is 15.4 Å². The lowest BCUT2D eigenvalue weighted by atomic mass is 10.1. The van der Waals surface area contributed by atoms with Crippen LogP contribution in [0.1, 0.15) is 35.8 Å². The second-order valence-electron chi connectivity index (χ2n) is 4.86. The zero-order valence-electron chi connectivity index (χ0n) is 11.7. The van der Waals surface area contributed by atoms with Crippen molar-refractivity contribution in [2.45, 2.75) is 25.3 Å². The molecule has 1 aromatic rings. The van der Waals surface area contributed by atoms with E-state index < -0.39 is 0 Å². The number of rotatable bonds is 5. The molecule has 1 fully saturated rings. The third-order valence-electron chi connectivity index (χ3n) is 3.56. The first kappa shape index (κ1) is 14.6. The van der Waals surface area contributed by atoms with E-state index in [0.29, 0.717) is 18.3 Å². The van der Waals surface area contributed by atoms with E-state index in [4.69, 9.17) is 0 Å². The highest BCUT2D eigenvalue weighted by Crippen LogP contribution is 2.21. The van der Waals surface area contributed by atoms with E-state index in [9.17, 15) is 9.59 Å². The van der Waals surface area contributed by atoms with Crippen molar-refractivity contribution in [1.82, 2.24) is 15.2 Å². The summed E-state index contributed by atoms with van der Waals surface area (Å²) in [6.45, 7) is 2.25. The first-order chi connectivity index (χ1) is 9.72. The zero-order chi connectivity index (χ0) is 14.4. The van der Waals surface area contributed by atoms with Crippen LogP contribution in [0.5, 0.6) is 0 Å². The number of nitrogens with zero attached hydrogens (tertiary/aromatic N) is 1. The summed E-state index contributed by atoms with van der Waals surface area (Å²) in [5.74, 6) is -0.462. The predicted octanol–water partition coefficient (Wildman–Crippen LogP) is 0.705. The van der Waals surface area contributed by atoms with Gasteiger partial charge < -0.3 is 19.9 Å². The molecule has 2 N–H and O–H groups in total. The third kappa shape index (κ3) is 3.60. The van der Waals surface area contributed by atoms with E-state index in [1.54, 1.807) is 0 Å². The Morgan fingerprint density at radius 3 is 2.90 bits per heavy atom. The number of methoxy groups -OCH3 is 1. The fraction of sp³-hybridized carbons (Fsp3) is 0.571. The highest BCUT2D eigenvalue weighted by molar-refractivity contribution is 5.93. The molecular formula is C14H21N3O3. The standard InChI is InChI=1S/C14H21N3O3/c1-20-13(18)6-9-16-14(19)12-3-2-10-17(12)11-4-7-15-8-5-11/h2-3,10-11,15H,4-9H2,1H3,(H,16,19). The highest BCUT2D eigenvalue weighted by atomic mass is 16.5. The molecule has 1 amide bonds. The summed E-state index contributed by atoms with van der Waals surface area (Å²) < 4.78 is 6.58. The van der Waals surface area contributed by atoms with E-state index >= 15 is 0 Å². The van der Waals surface area contributed by atoms with Crippen LogP contribution in [0.2, 0.25) is 0 Å². The Hall–Kier alpha value is -1.82. The van der Waals surface area contributed by atoms with Crippen molar-refractivity contribution >= 4 is 11.9 Å². The van der Waals surface area contributed by atoms with Gasteiger partial charge >= 0.3 is 5.97 Å². The van der Waals surface area contributed by atoms with Crippen LogP contribution in [0.4, 0.5) is 0 Å². The minimum absolute atomic E-state index is 0.141. The molecule has 0 unspecified atom stereocenters. The maximum absolute atomic E-state index is 12.1. The smallest absolute Gasteiger partial charge is 0.307 e. The molecule has 0 atom stereocenters. The molecule has 1 saturated heterocycles. The van der Waals surface area contributed by atoms with Crippen molar-refractivity contribution in [2.24, 2.45) is 0 Å². The number of amides is 1. The number of piperidine rings is 1. The molecule has 20 heavy (non-hydrogen) atoms. The molecule has 110 valence electrons. The van der Waals surface area contributed by atoms with Crippen LogP contribution in [-0.4, -0.2) is 43.2 Å². The van der Waals surface area contributed by atoms with Crippen LogP contribution in [-0.2, 0) is 9.53 Å². The molecule has 2 heterocycles. The number of hydrogen-bond acceptors (Lipinski definition) is 4. The van der Waals surface area contributed by atoms with Gasteiger partial charge in [-0.1, -0.05) is 0 Å². The minimum Gasteiger partial charge on any atom is -0.469 e. The quantitative estimate of drug-likeness (QED) is 0.779. The average molecular weight is 279 g/mol. The molecule has 6 nitrogen and oxygen atoms in total. The second kappa shape index (κ2) is 7.09. The highest BCUT2D eigenvalue weighted by Gasteiger charge is 2.19. The molecule has 0 aliphatic carbocycles. The number of ether oxygens (including phenoxy) is 1. The fourth-order valence-corrected chi connectivity index (χ4v) is 2.46. The third-order valence-corrected chi connectivity index (χ3v) is 3.56. The molecule has 0 saturated carbocycles. The predicted molar refractivity (Wildman–Crippen MR) is 74.5 cm³/mol. The number of carbonyl (C=O) groups is 2. The van der Waals surface area contributed by atoms with Gasteiger partial charge in [0.25, 0.3) is 5.91 Å². The van der Waals surface area contributed by atoms with E-state index in [0.717, 1.165) is 25.9 Å². The molecule has 0 radical (unpaired) electrons. The van der Waals surface area contributed by atoms with Crippen molar-refractivity contribution in [1.29, 1.82) is 0 Å². The van der Waals surface area contributed by atoms with Crippen LogP contribution in [0.3, 0.4) is 0 Å². The van der Waals surface area contributed by atoms with Crippen LogP contribution in [0.25, 0.3) is 0 Å². The Kier molecular flexibility index (Phi) is 5.17. The van der Waals surface area contributed by atoms with Gasteiger partial charge in [0, 0.05) is 18.8 Å². The number of nitrogens with one attached hydrogen (secondary N) is 2. The summed E-state index contributed by atoms with van der Waals surface area (Å²) in [5, 5.41) is 6.07. The topological polar surface area (TPSA) is 72.4 Å². The summed E-state index contributed by atoms with van der Waals surface area (Å²) in [5.41, 5.74) is 0.654. The maximum atomic E-state index is 12.1. The van der Waals surface area contributed by atoms with Gasteiger partial charge in [0.2, 0.25) is 0 Å². The summed E-state index contributed by atoms with van der Waals surface area (Å²) in [6.07, 6.45) is 4.19. The lowest BCUT2D eigenvalue weighted by Gasteiger charge is -2.25. The minimum atomic E-state index is -0.320. The van der Waals surface area contributed by atoms with Crippen LogP contribution < -0.4 is 10.6 Å². The number of carbonyl (C=O) groups excluding carboxylic acids is 2. The molecule has 0 bridgehead atoms. The van der Waals surface area contributed by atoms with Gasteiger partial charge in [0.1, 0.15) is 5.69 Å². The van der Waals surface area contributed by atoms with Gasteiger partial charge in [0.05, 0.1) is 13.5 Å². The van der Waals surface area contributed by atoms with Crippen molar-refractivity contribution in [3.05, 3.63) is 24.0 Å². The van der Waals surface area contributed by atoms with E-state index in [1.807, 2.05) is 22.9 Å². The summed E-state index contributed by atoms with van der Waals surface area (Å²) in [4.78, 5) is 23.1. The Labute approximate surface area is 118 Å². The number of aromatic nitrogens is 1. The van der Waals surface area contributed by atoms with Crippen LogP contribution in [0.15, 0.2) is 18.3 Å². The van der Waals surface area contributed by atoms with Crippen LogP contribution in [0, 0.1) is 0 Å². The molecule has 0 aromatic carbocycles. The van der Waals surface area contributed by atoms with Crippen molar-refractivity contribution in [2.75, 3.05) is 26.7 Å².